The summed E-state index contributed by atoms with van der Waals surface area (Å²) < 4.78 is 4.70. The third kappa shape index (κ3) is 5.92. The van der Waals surface area contributed by atoms with Crippen molar-refractivity contribution < 1.29 is 14.3 Å². The van der Waals surface area contributed by atoms with E-state index in [0.29, 0.717) is 22.3 Å². The van der Waals surface area contributed by atoms with E-state index >= 15 is 0 Å². The number of methoxy groups -OCH3 is 1. The molecule has 0 radical (unpaired) electrons. The Bertz CT molecular complexity index is 839. The van der Waals surface area contributed by atoms with Crippen molar-refractivity contribution >= 4 is 41.1 Å². The van der Waals surface area contributed by atoms with E-state index in [-0.39, 0.29) is 22.8 Å². The molecule has 2 aromatic rings. The van der Waals surface area contributed by atoms with Crippen LogP contribution in [0.3, 0.4) is 0 Å². The summed E-state index contributed by atoms with van der Waals surface area (Å²) in [6, 6.07) is 8.05. The molecule has 0 unspecified atom stereocenters. The maximum atomic E-state index is 12.2. The van der Waals surface area contributed by atoms with Gasteiger partial charge in [-0.2, -0.15) is 11.8 Å². The molecular formula is C17H19N3O4S2. The van der Waals surface area contributed by atoms with Gasteiger partial charge in [0.2, 0.25) is 5.91 Å². The topological polar surface area (TPSA) is 101 Å². The lowest BCUT2D eigenvalue weighted by Gasteiger charge is -2.09. The van der Waals surface area contributed by atoms with Gasteiger partial charge in [0, 0.05) is 11.8 Å². The molecular weight excluding hydrogens is 374 g/mol. The van der Waals surface area contributed by atoms with Crippen LogP contribution in [0.2, 0.25) is 0 Å². The summed E-state index contributed by atoms with van der Waals surface area (Å²) in [7, 11) is 1.28. The zero-order chi connectivity index (χ0) is 18.9. The van der Waals surface area contributed by atoms with Gasteiger partial charge in [-0.15, -0.1) is 0 Å². The number of ether oxygens (including phenoxy) is 1. The molecule has 138 valence electrons. The molecule has 2 N–H and O–H groups in total. The summed E-state index contributed by atoms with van der Waals surface area (Å²) in [6.07, 6.45) is 0. The molecule has 1 amide bonds. The summed E-state index contributed by atoms with van der Waals surface area (Å²) in [4.78, 5) is 42.6. The van der Waals surface area contributed by atoms with Gasteiger partial charge in [-0.3, -0.25) is 9.59 Å². The van der Waals surface area contributed by atoms with Crippen molar-refractivity contribution in [2.45, 2.75) is 17.8 Å². The Balaban J connectivity index is 2.01. The van der Waals surface area contributed by atoms with Crippen LogP contribution in [-0.4, -0.2) is 40.5 Å². The van der Waals surface area contributed by atoms with Crippen molar-refractivity contribution in [3.63, 3.8) is 0 Å². The van der Waals surface area contributed by atoms with E-state index in [4.69, 9.17) is 4.74 Å². The Morgan fingerprint density at radius 3 is 2.81 bits per heavy atom. The Kier molecular flexibility index (Phi) is 7.73. The molecule has 0 fully saturated rings. The predicted octanol–water partition coefficient (Wildman–Crippen LogP) is 2.54. The molecule has 0 spiro atoms. The van der Waals surface area contributed by atoms with Gasteiger partial charge in [-0.25, -0.2) is 9.78 Å². The molecule has 26 heavy (non-hydrogen) atoms. The fraction of sp³-hybridized carbons (Fsp3) is 0.294. The average molecular weight is 393 g/mol. The number of anilines is 1. The highest BCUT2D eigenvalue weighted by molar-refractivity contribution is 7.99. The minimum Gasteiger partial charge on any atom is -0.465 e. The summed E-state index contributed by atoms with van der Waals surface area (Å²) in [5.41, 5.74) is 1.09. The van der Waals surface area contributed by atoms with Crippen molar-refractivity contribution in [3.8, 4) is 0 Å². The van der Waals surface area contributed by atoms with Gasteiger partial charge in [0.1, 0.15) is 0 Å². The van der Waals surface area contributed by atoms with Crippen LogP contribution >= 0.6 is 23.5 Å². The average Bonchev–Trinajstić information content (AvgIpc) is 2.64. The number of aromatic nitrogens is 2. The first kappa shape index (κ1) is 20.1. The highest BCUT2D eigenvalue weighted by Gasteiger charge is 2.14. The Labute approximate surface area is 159 Å². The normalized spacial score (nSPS) is 10.4. The van der Waals surface area contributed by atoms with Crippen molar-refractivity contribution in [2.75, 3.05) is 23.9 Å². The number of H-pyrrole nitrogens is 1. The first-order valence-corrected chi connectivity index (χ1v) is 9.95. The molecule has 0 aliphatic carbocycles. The van der Waals surface area contributed by atoms with Crippen LogP contribution in [-0.2, 0) is 15.3 Å². The SMILES string of the molecule is CCSCc1cc(=O)[nH]c(SCC(=O)Nc2ccccc2C(=O)OC)n1. The van der Waals surface area contributed by atoms with E-state index in [1.54, 1.807) is 36.0 Å². The summed E-state index contributed by atoms with van der Waals surface area (Å²) in [6.45, 7) is 2.03. The monoisotopic (exact) mass is 393 g/mol. The summed E-state index contributed by atoms with van der Waals surface area (Å²) in [5.74, 6) is 0.775. The molecule has 1 aromatic carbocycles. The third-order valence-electron chi connectivity index (χ3n) is 3.17. The first-order valence-electron chi connectivity index (χ1n) is 7.81. The third-order valence-corrected chi connectivity index (χ3v) is 4.95. The number of nitrogens with zero attached hydrogens (tertiary/aromatic N) is 1. The van der Waals surface area contributed by atoms with Crippen LogP contribution in [0.5, 0.6) is 0 Å². The van der Waals surface area contributed by atoms with E-state index in [1.165, 1.54) is 13.2 Å². The number of carbonyl (C=O) groups is 2. The van der Waals surface area contributed by atoms with Crippen molar-refractivity contribution in [2.24, 2.45) is 0 Å². The maximum Gasteiger partial charge on any atom is 0.339 e. The number of rotatable bonds is 8. The van der Waals surface area contributed by atoms with E-state index in [9.17, 15) is 14.4 Å². The number of benzene rings is 1. The van der Waals surface area contributed by atoms with Crippen LogP contribution in [0, 0.1) is 0 Å². The second kappa shape index (κ2) is 10.0. The second-order valence-electron chi connectivity index (χ2n) is 5.05. The van der Waals surface area contributed by atoms with Crippen molar-refractivity contribution in [1.82, 2.24) is 9.97 Å². The van der Waals surface area contributed by atoms with Gasteiger partial charge in [-0.1, -0.05) is 30.8 Å². The van der Waals surface area contributed by atoms with E-state index in [0.717, 1.165) is 17.5 Å². The largest absolute Gasteiger partial charge is 0.465 e. The minimum atomic E-state index is -0.527. The Morgan fingerprint density at radius 2 is 2.08 bits per heavy atom. The van der Waals surface area contributed by atoms with Crippen molar-refractivity contribution in [3.05, 3.63) is 51.9 Å². The van der Waals surface area contributed by atoms with Crippen LogP contribution in [0.15, 0.2) is 40.3 Å². The lowest BCUT2D eigenvalue weighted by molar-refractivity contribution is -0.113. The molecule has 9 heteroatoms. The zero-order valence-corrected chi connectivity index (χ0v) is 16.0. The fourth-order valence-corrected chi connectivity index (χ4v) is 3.29. The lowest BCUT2D eigenvalue weighted by Crippen LogP contribution is -2.18. The van der Waals surface area contributed by atoms with Crippen molar-refractivity contribution in [1.29, 1.82) is 0 Å². The molecule has 0 saturated carbocycles. The number of thioether (sulfide) groups is 2. The van der Waals surface area contributed by atoms with Gasteiger partial charge in [0.05, 0.1) is 29.8 Å². The molecule has 2 rings (SSSR count). The number of hydrogen-bond donors (Lipinski definition) is 2. The molecule has 0 bridgehead atoms. The van der Waals surface area contributed by atoms with Gasteiger partial charge in [0.25, 0.3) is 5.56 Å². The number of aromatic amines is 1. The summed E-state index contributed by atoms with van der Waals surface area (Å²) in [5, 5.41) is 3.06. The second-order valence-corrected chi connectivity index (χ2v) is 7.29. The molecule has 0 saturated heterocycles. The van der Waals surface area contributed by atoms with Crippen LogP contribution in [0.25, 0.3) is 0 Å². The molecule has 1 aromatic heterocycles. The zero-order valence-electron chi connectivity index (χ0n) is 14.4. The number of esters is 1. The number of para-hydroxylation sites is 1. The number of amides is 1. The standard InChI is InChI=1S/C17H19N3O4S2/c1-3-25-9-11-8-14(21)20-17(18-11)26-10-15(22)19-13-7-5-4-6-12(13)16(23)24-2/h4-8H,3,9-10H2,1-2H3,(H,19,22)(H,18,20,21). The van der Waals surface area contributed by atoms with E-state index in [2.05, 4.69) is 15.3 Å². The van der Waals surface area contributed by atoms with Gasteiger partial charge in [-0.05, 0) is 17.9 Å². The molecule has 7 nitrogen and oxygen atoms in total. The van der Waals surface area contributed by atoms with Gasteiger partial charge < -0.3 is 15.0 Å². The van der Waals surface area contributed by atoms with Crippen LogP contribution in [0.1, 0.15) is 23.0 Å². The number of carbonyl (C=O) groups excluding carboxylic acids is 2. The fourth-order valence-electron chi connectivity index (χ4n) is 2.03. The molecule has 0 aliphatic heterocycles. The van der Waals surface area contributed by atoms with Gasteiger partial charge in [0.15, 0.2) is 5.16 Å². The van der Waals surface area contributed by atoms with E-state index < -0.39 is 5.97 Å². The minimum absolute atomic E-state index is 0.0445. The Morgan fingerprint density at radius 1 is 1.31 bits per heavy atom. The smallest absolute Gasteiger partial charge is 0.339 e. The van der Waals surface area contributed by atoms with Crippen LogP contribution in [0.4, 0.5) is 5.69 Å². The molecule has 0 atom stereocenters. The van der Waals surface area contributed by atoms with E-state index in [1.807, 2.05) is 6.92 Å². The summed E-state index contributed by atoms with van der Waals surface area (Å²) >= 11 is 2.79. The number of nitrogens with one attached hydrogen (secondary N) is 2. The predicted molar refractivity (Wildman–Crippen MR) is 104 cm³/mol. The highest BCUT2D eigenvalue weighted by Crippen LogP contribution is 2.18. The van der Waals surface area contributed by atoms with Crippen LogP contribution < -0.4 is 10.9 Å². The maximum absolute atomic E-state index is 12.2. The highest BCUT2D eigenvalue weighted by atomic mass is 32.2. The quantitative estimate of drug-likeness (QED) is 0.404. The molecule has 1 heterocycles. The Hall–Kier alpha value is -2.26. The lowest BCUT2D eigenvalue weighted by atomic mass is 10.2. The molecule has 0 aliphatic rings. The first-order chi connectivity index (χ1) is 12.5. The van der Waals surface area contributed by atoms with Gasteiger partial charge >= 0.3 is 5.97 Å². The number of hydrogen-bond acceptors (Lipinski definition) is 7.